The Labute approximate surface area is 167 Å². The third-order valence-electron chi connectivity index (χ3n) is 5.42. The van der Waals surface area contributed by atoms with E-state index in [1.54, 1.807) is 18.3 Å². The van der Waals surface area contributed by atoms with E-state index in [-0.39, 0.29) is 12.1 Å². The second-order valence-electron chi connectivity index (χ2n) is 7.33. The van der Waals surface area contributed by atoms with E-state index in [0.29, 0.717) is 11.5 Å². The van der Waals surface area contributed by atoms with E-state index in [0.717, 1.165) is 31.9 Å². The highest BCUT2D eigenvalue weighted by atomic mass is 19.4. The molecule has 0 radical (unpaired) electrons. The van der Waals surface area contributed by atoms with Crippen molar-refractivity contribution in [3.63, 3.8) is 0 Å². The number of H-pyrrole nitrogens is 1. The molecule has 152 valence electrons. The summed E-state index contributed by atoms with van der Waals surface area (Å²) < 4.78 is 39.9. The average molecular weight is 400 g/mol. The Balaban J connectivity index is 1.62. The van der Waals surface area contributed by atoms with Crippen LogP contribution in [-0.2, 0) is 12.7 Å². The predicted molar refractivity (Wildman–Crippen MR) is 107 cm³/mol. The van der Waals surface area contributed by atoms with E-state index >= 15 is 0 Å². The van der Waals surface area contributed by atoms with Crippen LogP contribution in [0.25, 0.3) is 0 Å². The van der Waals surface area contributed by atoms with Gasteiger partial charge in [0.25, 0.3) is 0 Å². The van der Waals surface area contributed by atoms with Gasteiger partial charge in [-0.25, -0.2) is 0 Å². The van der Waals surface area contributed by atoms with Gasteiger partial charge in [-0.3, -0.25) is 5.10 Å². The first kappa shape index (κ1) is 19.5. The van der Waals surface area contributed by atoms with Crippen molar-refractivity contribution >= 4 is 11.5 Å². The minimum Gasteiger partial charge on any atom is -0.322 e. The summed E-state index contributed by atoms with van der Waals surface area (Å²) in [7, 11) is 0. The fourth-order valence-corrected chi connectivity index (χ4v) is 4.06. The van der Waals surface area contributed by atoms with Crippen molar-refractivity contribution in [2.24, 2.45) is 0 Å². The molecule has 1 fully saturated rings. The van der Waals surface area contributed by atoms with Gasteiger partial charge in [-0.2, -0.15) is 18.3 Å². The minimum absolute atomic E-state index is 0.0302. The van der Waals surface area contributed by atoms with Gasteiger partial charge in [-0.15, -0.1) is 0 Å². The number of halogens is 3. The molecule has 1 heterocycles. The quantitative estimate of drug-likeness (QED) is 0.592. The summed E-state index contributed by atoms with van der Waals surface area (Å²) in [5, 5.41) is 10.6. The highest BCUT2D eigenvalue weighted by molar-refractivity contribution is 5.62. The zero-order chi connectivity index (χ0) is 20.3. The molecule has 2 atom stereocenters. The number of nitrogens with one attached hydrogen (secondary N) is 2. The van der Waals surface area contributed by atoms with E-state index in [1.807, 2.05) is 23.1 Å². The lowest BCUT2D eigenvalue weighted by Crippen LogP contribution is -2.45. The maximum Gasteiger partial charge on any atom is 0.416 e. The van der Waals surface area contributed by atoms with Gasteiger partial charge >= 0.3 is 6.18 Å². The molecule has 0 saturated heterocycles. The molecule has 2 unspecified atom stereocenters. The lowest BCUT2D eigenvalue weighted by Gasteiger charge is -2.34. The van der Waals surface area contributed by atoms with E-state index < -0.39 is 11.7 Å². The summed E-state index contributed by atoms with van der Waals surface area (Å²) in [6.45, 7) is 0.724. The van der Waals surface area contributed by atoms with Gasteiger partial charge in [-0.05, 0) is 43.0 Å². The smallest absolute Gasteiger partial charge is 0.322 e. The van der Waals surface area contributed by atoms with Crippen LogP contribution < -0.4 is 10.2 Å². The van der Waals surface area contributed by atoms with Crippen LogP contribution in [-0.4, -0.2) is 22.3 Å². The number of hydrogen-bond donors (Lipinski definition) is 2. The van der Waals surface area contributed by atoms with Crippen molar-refractivity contribution in [2.45, 2.75) is 44.1 Å². The molecule has 4 nitrogen and oxygen atoms in total. The Bertz CT molecular complexity index is 909. The summed E-state index contributed by atoms with van der Waals surface area (Å²) in [6, 6.07) is 17.6. The second kappa shape index (κ2) is 8.29. The molecule has 2 N–H and O–H groups in total. The zero-order valence-corrected chi connectivity index (χ0v) is 15.9. The van der Waals surface area contributed by atoms with Crippen molar-refractivity contribution in [3.05, 3.63) is 78.0 Å². The van der Waals surface area contributed by atoms with Crippen LogP contribution in [0, 0.1) is 0 Å². The fourth-order valence-electron chi connectivity index (χ4n) is 4.06. The number of aromatic amines is 1. The van der Waals surface area contributed by atoms with Crippen LogP contribution in [0.3, 0.4) is 0 Å². The largest absolute Gasteiger partial charge is 0.416 e. The normalized spacial score (nSPS) is 19.4. The number of nitrogens with zero attached hydrogens (tertiary/aromatic N) is 2. The molecule has 1 aliphatic carbocycles. The Morgan fingerprint density at radius 3 is 2.59 bits per heavy atom. The van der Waals surface area contributed by atoms with Crippen molar-refractivity contribution in [1.82, 2.24) is 15.5 Å². The first-order valence-electron chi connectivity index (χ1n) is 9.75. The standard InChI is InChI=1S/C22H23F3N4/c23-22(24,25)17-8-4-9-18(14-17)29(21-12-13-27-28-21)20-11-5-10-19(20)26-15-16-6-2-1-3-7-16/h1-4,6-9,12-14,19-20,26H,5,10-11,15H2,(H,27,28). The molecule has 1 aromatic heterocycles. The van der Waals surface area contributed by atoms with Gasteiger partial charge in [0.2, 0.25) is 0 Å². The molecular weight excluding hydrogens is 377 g/mol. The van der Waals surface area contributed by atoms with E-state index in [1.165, 1.54) is 17.7 Å². The molecule has 29 heavy (non-hydrogen) atoms. The van der Waals surface area contributed by atoms with Crippen LogP contribution in [0.15, 0.2) is 66.9 Å². The predicted octanol–water partition coefficient (Wildman–Crippen LogP) is 5.28. The molecule has 0 aliphatic heterocycles. The van der Waals surface area contributed by atoms with Crippen molar-refractivity contribution in [3.8, 4) is 0 Å². The number of benzene rings is 2. The zero-order valence-electron chi connectivity index (χ0n) is 15.9. The highest BCUT2D eigenvalue weighted by Crippen LogP contribution is 2.37. The van der Waals surface area contributed by atoms with Crippen LogP contribution >= 0.6 is 0 Å². The summed E-state index contributed by atoms with van der Waals surface area (Å²) in [5.41, 5.74) is 1.05. The Hall–Kier alpha value is -2.80. The summed E-state index contributed by atoms with van der Waals surface area (Å²) in [5.74, 6) is 0.697. The third kappa shape index (κ3) is 4.45. The molecule has 0 bridgehead atoms. The minimum atomic E-state index is -4.38. The molecule has 4 rings (SSSR count). The van der Waals surface area contributed by atoms with Crippen LogP contribution in [0.1, 0.15) is 30.4 Å². The van der Waals surface area contributed by atoms with Gasteiger partial charge in [0.1, 0.15) is 5.82 Å². The van der Waals surface area contributed by atoms with Crippen molar-refractivity contribution < 1.29 is 13.2 Å². The first-order valence-corrected chi connectivity index (χ1v) is 9.75. The van der Waals surface area contributed by atoms with E-state index in [9.17, 15) is 13.2 Å². The molecule has 7 heteroatoms. The topological polar surface area (TPSA) is 44.0 Å². The van der Waals surface area contributed by atoms with Gasteiger partial charge in [0.15, 0.2) is 0 Å². The number of rotatable bonds is 6. The summed E-state index contributed by atoms with van der Waals surface area (Å²) in [6.07, 6.45) is 0.122. The van der Waals surface area contributed by atoms with Crippen LogP contribution in [0.2, 0.25) is 0 Å². The fraction of sp³-hybridized carbons (Fsp3) is 0.318. The number of aromatic nitrogens is 2. The maximum absolute atomic E-state index is 13.3. The molecule has 0 spiro atoms. The average Bonchev–Trinajstić information content (AvgIpc) is 3.40. The van der Waals surface area contributed by atoms with Gasteiger partial charge in [0, 0.05) is 24.3 Å². The SMILES string of the molecule is FC(F)(F)c1cccc(N(c2ccn[nH]2)C2CCCC2NCc2ccccc2)c1. The van der Waals surface area contributed by atoms with Crippen molar-refractivity contribution in [1.29, 1.82) is 0 Å². The van der Waals surface area contributed by atoms with Gasteiger partial charge in [-0.1, -0.05) is 36.4 Å². The summed E-state index contributed by atoms with van der Waals surface area (Å²) >= 11 is 0. The maximum atomic E-state index is 13.3. The molecule has 1 saturated carbocycles. The molecule has 2 aromatic carbocycles. The number of hydrogen-bond acceptors (Lipinski definition) is 3. The monoisotopic (exact) mass is 400 g/mol. The van der Waals surface area contributed by atoms with Crippen LogP contribution in [0.4, 0.5) is 24.7 Å². The molecule has 0 amide bonds. The lowest BCUT2D eigenvalue weighted by molar-refractivity contribution is -0.137. The van der Waals surface area contributed by atoms with Crippen molar-refractivity contribution in [2.75, 3.05) is 4.90 Å². The van der Waals surface area contributed by atoms with Gasteiger partial charge in [0.05, 0.1) is 17.8 Å². The molecule has 1 aliphatic rings. The highest BCUT2D eigenvalue weighted by Gasteiger charge is 2.35. The van der Waals surface area contributed by atoms with E-state index in [4.69, 9.17) is 0 Å². The number of anilines is 2. The Morgan fingerprint density at radius 2 is 1.86 bits per heavy atom. The van der Waals surface area contributed by atoms with Gasteiger partial charge < -0.3 is 10.2 Å². The Morgan fingerprint density at radius 1 is 1.03 bits per heavy atom. The third-order valence-corrected chi connectivity index (χ3v) is 5.42. The van der Waals surface area contributed by atoms with E-state index in [2.05, 4.69) is 27.6 Å². The second-order valence-corrected chi connectivity index (χ2v) is 7.33. The molecule has 3 aromatic rings. The number of alkyl halides is 3. The Kier molecular flexibility index (Phi) is 5.58. The van der Waals surface area contributed by atoms with Crippen LogP contribution in [0.5, 0.6) is 0 Å². The lowest BCUT2D eigenvalue weighted by atomic mass is 10.1. The first-order chi connectivity index (χ1) is 14.0. The summed E-state index contributed by atoms with van der Waals surface area (Å²) in [4.78, 5) is 1.96. The molecular formula is C22H23F3N4.